The molecule has 0 aliphatic rings. The van der Waals surface area contributed by atoms with E-state index in [2.05, 4.69) is 15.6 Å². The summed E-state index contributed by atoms with van der Waals surface area (Å²) >= 11 is 0. The van der Waals surface area contributed by atoms with E-state index in [1.165, 1.54) is 7.11 Å². The zero-order valence-corrected chi connectivity index (χ0v) is 14.7. The molecule has 0 aliphatic heterocycles. The van der Waals surface area contributed by atoms with Crippen LogP contribution < -0.4 is 15.4 Å². The number of nitrogens with one attached hydrogen (secondary N) is 2. The summed E-state index contributed by atoms with van der Waals surface area (Å²) in [6.07, 6.45) is 1.67. The second-order valence-electron chi connectivity index (χ2n) is 5.93. The van der Waals surface area contributed by atoms with Crippen molar-refractivity contribution in [3.63, 3.8) is 0 Å². The molecule has 2 N–H and O–H groups in total. The average Bonchev–Trinajstić information content (AvgIpc) is 2.64. The minimum absolute atomic E-state index is 0.0672. The van der Waals surface area contributed by atoms with E-state index in [0.717, 1.165) is 5.69 Å². The molecular weight excluding hydrogens is 318 g/mol. The topological polar surface area (TPSA) is 80.3 Å². The molecule has 1 aromatic carbocycles. The lowest BCUT2D eigenvalue weighted by molar-refractivity contribution is -0.124. The zero-order valence-electron chi connectivity index (χ0n) is 14.7. The molecule has 0 radical (unpaired) electrons. The van der Waals surface area contributed by atoms with Crippen LogP contribution in [0.5, 0.6) is 5.75 Å². The quantitative estimate of drug-likeness (QED) is 0.809. The van der Waals surface area contributed by atoms with Gasteiger partial charge in [0.15, 0.2) is 0 Å². The fraction of sp³-hybridized carbons (Fsp3) is 0.316. The van der Waals surface area contributed by atoms with Gasteiger partial charge in [-0.25, -0.2) is 0 Å². The van der Waals surface area contributed by atoms with Crippen molar-refractivity contribution in [2.24, 2.45) is 5.92 Å². The Morgan fingerprint density at radius 2 is 1.84 bits per heavy atom. The third kappa shape index (κ3) is 5.04. The number of carbonyl (C=O) groups is 2. The van der Waals surface area contributed by atoms with Crippen molar-refractivity contribution >= 4 is 11.8 Å². The van der Waals surface area contributed by atoms with Crippen LogP contribution in [0.2, 0.25) is 0 Å². The van der Waals surface area contributed by atoms with Gasteiger partial charge in [-0.1, -0.05) is 32.0 Å². The highest BCUT2D eigenvalue weighted by Crippen LogP contribution is 2.17. The molecule has 2 aromatic rings. The SMILES string of the molecule is COc1ccccc1C(=O)N[C@H](C(=O)NCc1ccccn1)C(C)C. The molecule has 132 valence electrons. The van der Waals surface area contributed by atoms with E-state index in [0.29, 0.717) is 17.9 Å². The average molecular weight is 341 g/mol. The third-order valence-corrected chi connectivity index (χ3v) is 3.76. The van der Waals surface area contributed by atoms with Gasteiger partial charge < -0.3 is 15.4 Å². The molecule has 0 aliphatic carbocycles. The summed E-state index contributed by atoms with van der Waals surface area (Å²) in [7, 11) is 1.51. The Kier molecular flexibility index (Phi) is 6.51. The third-order valence-electron chi connectivity index (χ3n) is 3.76. The largest absolute Gasteiger partial charge is 0.496 e. The Hall–Kier alpha value is -2.89. The second-order valence-corrected chi connectivity index (χ2v) is 5.93. The van der Waals surface area contributed by atoms with Crippen molar-refractivity contribution in [2.45, 2.75) is 26.4 Å². The molecule has 0 saturated carbocycles. The van der Waals surface area contributed by atoms with Crippen LogP contribution in [0.4, 0.5) is 0 Å². The van der Waals surface area contributed by atoms with Gasteiger partial charge in [0.1, 0.15) is 11.8 Å². The molecule has 0 bridgehead atoms. The smallest absolute Gasteiger partial charge is 0.255 e. The fourth-order valence-corrected chi connectivity index (χ4v) is 2.38. The van der Waals surface area contributed by atoms with Crippen LogP contribution in [0, 0.1) is 5.92 Å². The Balaban J connectivity index is 2.04. The van der Waals surface area contributed by atoms with Crippen molar-refractivity contribution in [3.8, 4) is 5.75 Å². The number of rotatable bonds is 7. The van der Waals surface area contributed by atoms with Crippen LogP contribution in [-0.4, -0.2) is 29.9 Å². The van der Waals surface area contributed by atoms with E-state index in [1.807, 2.05) is 32.0 Å². The number of pyridine rings is 1. The minimum Gasteiger partial charge on any atom is -0.496 e. The maximum atomic E-state index is 12.5. The summed E-state index contributed by atoms with van der Waals surface area (Å²) in [5, 5.41) is 5.61. The van der Waals surface area contributed by atoms with Crippen LogP contribution >= 0.6 is 0 Å². The number of aromatic nitrogens is 1. The summed E-state index contributed by atoms with van der Waals surface area (Å²) in [5.41, 5.74) is 1.16. The first-order valence-corrected chi connectivity index (χ1v) is 8.14. The first-order chi connectivity index (χ1) is 12.0. The van der Waals surface area contributed by atoms with E-state index in [9.17, 15) is 9.59 Å². The second kappa shape index (κ2) is 8.82. The highest BCUT2D eigenvalue weighted by molar-refractivity contribution is 5.99. The number of carbonyl (C=O) groups excluding carboxylic acids is 2. The Labute approximate surface area is 147 Å². The van der Waals surface area contributed by atoms with Crippen LogP contribution in [0.3, 0.4) is 0 Å². The van der Waals surface area contributed by atoms with Crippen molar-refractivity contribution < 1.29 is 14.3 Å². The Morgan fingerprint density at radius 3 is 2.48 bits per heavy atom. The van der Waals surface area contributed by atoms with Crippen molar-refractivity contribution in [2.75, 3.05) is 7.11 Å². The number of ether oxygens (including phenoxy) is 1. The van der Waals surface area contributed by atoms with Crippen LogP contribution in [0.1, 0.15) is 29.9 Å². The molecule has 0 saturated heterocycles. The van der Waals surface area contributed by atoms with Crippen molar-refractivity contribution in [1.29, 1.82) is 0 Å². The van der Waals surface area contributed by atoms with Gasteiger partial charge in [-0.3, -0.25) is 14.6 Å². The highest BCUT2D eigenvalue weighted by Gasteiger charge is 2.25. The molecule has 0 fully saturated rings. The molecule has 6 heteroatoms. The zero-order chi connectivity index (χ0) is 18.2. The van der Waals surface area contributed by atoms with Crippen molar-refractivity contribution in [1.82, 2.24) is 15.6 Å². The van der Waals surface area contributed by atoms with Gasteiger partial charge in [-0.15, -0.1) is 0 Å². The summed E-state index contributed by atoms with van der Waals surface area (Å²) in [4.78, 5) is 29.2. The molecule has 25 heavy (non-hydrogen) atoms. The van der Waals surface area contributed by atoms with E-state index in [1.54, 1.807) is 30.5 Å². The highest BCUT2D eigenvalue weighted by atomic mass is 16.5. The predicted octanol–water partition coefficient (Wildman–Crippen LogP) is 2.16. The number of para-hydroxylation sites is 1. The minimum atomic E-state index is -0.652. The molecule has 1 aromatic heterocycles. The van der Waals surface area contributed by atoms with Gasteiger partial charge >= 0.3 is 0 Å². The summed E-state index contributed by atoms with van der Waals surface area (Å²) in [6.45, 7) is 4.08. The number of hydrogen-bond donors (Lipinski definition) is 2. The van der Waals surface area contributed by atoms with Gasteiger partial charge in [0.2, 0.25) is 5.91 Å². The summed E-state index contributed by atoms with van der Waals surface area (Å²) in [5.74, 6) is -0.188. The molecule has 6 nitrogen and oxygen atoms in total. The van der Waals surface area contributed by atoms with Gasteiger partial charge in [0.05, 0.1) is 24.9 Å². The maximum absolute atomic E-state index is 12.5. The molecule has 2 amide bonds. The Morgan fingerprint density at radius 1 is 1.12 bits per heavy atom. The molecular formula is C19H23N3O3. The van der Waals surface area contributed by atoms with E-state index in [4.69, 9.17) is 4.74 Å². The summed E-state index contributed by atoms with van der Waals surface area (Å²) in [6, 6.07) is 11.8. The number of nitrogens with zero attached hydrogens (tertiary/aromatic N) is 1. The normalized spacial score (nSPS) is 11.7. The number of benzene rings is 1. The number of methoxy groups -OCH3 is 1. The first-order valence-electron chi connectivity index (χ1n) is 8.14. The molecule has 2 rings (SSSR count). The molecule has 0 spiro atoms. The van der Waals surface area contributed by atoms with Crippen LogP contribution in [-0.2, 0) is 11.3 Å². The molecule has 1 atom stereocenters. The first kappa shape index (κ1) is 18.4. The fourth-order valence-electron chi connectivity index (χ4n) is 2.38. The number of amides is 2. The lowest BCUT2D eigenvalue weighted by Crippen LogP contribution is -2.49. The maximum Gasteiger partial charge on any atom is 0.255 e. The molecule has 1 heterocycles. The molecule has 0 unspecified atom stereocenters. The number of hydrogen-bond acceptors (Lipinski definition) is 4. The monoisotopic (exact) mass is 341 g/mol. The van der Waals surface area contributed by atoms with E-state index < -0.39 is 6.04 Å². The van der Waals surface area contributed by atoms with Gasteiger partial charge in [0.25, 0.3) is 5.91 Å². The van der Waals surface area contributed by atoms with Crippen LogP contribution in [0.15, 0.2) is 48.7 Å². The Bertz CT molecular complexity index is 717. The van der Waals surface area contributed by atoms with Gasteiger partial charge in [-0.05, 0) is 30.2 Å². The van der Waals surface area contributed by atoms with Gasteiger partial charge in [-0.2, -0.15) is 0 Å². The summed E-state index contributed by atoms with van der Waals surface area (Å²) < 4.78 is 5.20. The standard InChI is InChI=1S/C19H23N3O3/c1-13(2)17(19(24)21-12-14-8-6-7-11-20-14)22-18(23)15-9-4-5-10-16(15)25-3/h4-11,13,17H,12H2,1-3H3,(H,21,24)(H,22,23)/t17-/m0/s1. The van der Waals surface area contributed by atoms with E-state index in [-0.39, 0.29) is 17.7 Å². The predicted molar refractivity (Wildman–Crippen MR) is 95.2 cm³/mol. The lowest BCUT2D eigenvalue weighted by atomic mass is 10.0. The lowest BCUT2D eigenvalue weighted by Gasteiger charge is -2.22. The van der Waals surface area contributed by atoms with Crippen LogP contribution in [0.25, 0.3) is 0 Å². The van der Waals surface area contributed by atoms with E-state index >= 15 is 0 Å². The van der Waals surface area contributed by atoms with Crippen molar-refractivity contribution in [3.05, 3.63) is 59.9 Å². The van der Waals surface area contributed by atoms with Gasteiger partial charge in [0, 0.05) is 6.20 Å².